The highest BCUT2D eigenvalue weighted by atomic mass is 32.1. The van der Waals surface area contributed by atoms with Crippen molar-refractivity contribution in [2.45, 2.75) is 6.92 Å². The molecule has 0 aliphatic rings. The van der Waals surface area contributed by atoms with E-state index < -0.39 is 0 Å². The Morgan fingerprint density at radius 1 is 1.11 bits per heavy atom. The summed E-state index contributed by atoms with van der Waals surface area (Å²) in [5.74, 6) is 1.69. The van der Waals surface area contributed by atoms with Gasteiger partial charge in [0.05, 0.1) is 16.5 Å². The van der Waals surface area contributed by atoms with Crippen LogP contribution >= 0.6 is 11.3 Å². The fourth-order valence-corrected chi connectivity index (χ4v) is 4.92. The van der Waals surface area contributed by atoms with E-state index in [9.17, 15) is 4.79 Å². The molecule has 6 aromatic rings. The summed E-state index contributed by atoms with van der Waals surface area (Å²) in [6, 6.07) is 19.3. The first kappa shape index (κ1) is 22.7. The fraction of sp³-hybridized carbons (Fsp3) is 0.0714. The van der Waals surface area contributed by atoms with Gasteiger partial charge in [-0.3, -0.25) is 4.79 Å². The normalized spacial score (nSPS) is 11.9. The second-order valence-electron chi connectivity index (χ2n) is 8.32. The molecule has 9 heteroatoms. The van der Waals surface area contributed by atoms with Crippen LogP contribution in [0.15, 0.2) is 95.0 Å². The Morgan fingerprint density at radius 3 is 2.70 bits per heavy atom. The van der Waals surface area contributed by atoms with Crippen LogP contribution in [0.2, 0.25) is 0 Å². The molecule has 0 saturated heterocycles. The van der Waals surface area contributed by atoms with Crippen LogP contribution in [-0.2, 0) is 0 Å². The minimum Gasteiger partial charge on any atom is -0.489 e. The predicted molar refractivity (Wildman–Crippen MR) is 143 cm³/mol. The molecule has 0 amide bonds. The first-order valence-corrected chi connectivity index (χ1v) is 12.4. The Kier molecular flexibility index (Phi) is 5.74. The zero-order valence-corrected chi connectivity index (χ0v) is 20.7. The number of thiazole rings is 1. The second kappa shape index (κ2) is 9.36. The first-order valence-electron chi connectivity index (χ1n) is 11.6. The Hall–Kier alpha value is -4.76. The average molecular weight is 508 g/mol. The van der Waals surface area contributed by atoms with Crippen molar-refractivity contribution in [1.29, 1.82) is 0 Å². The second-order valence-corrected chi connectivity index (χ2v) is 9.33. The molecular formula is C28H21N5O3S. The maximum Gasteiger partial charge on any atom is 0.291 e. The standard InChI is InChI=1S/C28H21N5O3S/c1-3-13-35-22-12-11-19(15-18(22)2)25-20(17-32(30-25)21-8-5-4-6-9-21)16-24-27(34)33-28(37-24)29-26(31-33)23-10-7-14-36-23/h3-12,14-17H,1,13H2,2H3/b24-16-. The number of para-hydroxylation sites is 1. The van der Waals surface area contributed by atoms with Crippen LogP contribution in [0.25, 0.3) is 39.6 Å². The average Bonchev–Trinajstić information content (AvgIpc) is 3.70. The van der Waals surface area contributed by atoms with Crippen LogP contribution in [0.3, 0.4) is 0 Å². The smallest absolute Gasteiger partial charge is 0.291 e. The molecule has 0 bridgehead atoms. The van der Waals surface area contributed by atoms with Gasteiger partial charge < -0.3 is 9.15 Å². The highest BCUT2D eigenvalue weighted by molar-refractivity contribution is 7.15. The maximum atomic E-state index is 13.2. The van der Waals surface area contributed by atoms with E-state index >= 15 is 0 Å². The van der Waals surface area contributed by atoms with E-state index in [-0.39, 0.29) is 5.56 Å². The minimum atomic E-state index is -0.243. The van der Waals surface area contributed by atoms with E-state index in [1.165, 1.54) is 15.9 Å². The molecule has 2 aromatic carbocycles. The van der Waals surface area contributed by atoms with Gasteiger partial charge in [-0.05, 0) is 61.0 Å². The molecule has 0 N–H and O–H groups in total. The highest BCUT2D eigenvalue weighted by Gasteiger charge is 2.16. The molecule has 182 valence electrons. The molecule has 8 nitrogen and oxygen atoms in total. The zero-order chi connectivity index (χ0) is 25.4. The topological polar surface area (TPSA) is 87.4 Å². The van der Waals surface area contributed by atoms with Gasteiger partial charge in [0.25, 0.3) is 5.56 Å². The van der Waals surface area contributed by atoms with Gasteiger partial charge in [0.1, 0.15) is 18.1 Å². The Morgan fingerprint density at radius 2 is 1.97 bits per heavy atom. The van der Waals surface area contributed by atoms with Gasteiger partial charge in [0, 0.05) is 17.3 Å². The number of benzene rings is 2. The molecular weight excluding hydrogens is 486 g/mol. The minimum absolute atomic E-state index is 0.243. The molecule has 0 saturated carbocycles. The Labute approximate surface area is 215 Å². The van der Waals surface area contributed by atoms with E-state index in [4.69, 9.17) is 14.3 Å². The number of ether oxygens (including phenoxy) is 1. The summed E-state index contributed by atoms with van der Waals surface area (Å²) in [5.41, 5.74) is 4.12. The van der Waals surface area contributed by atoms with Crippen LogP contribution in [-0.4, -0.2) is 31.0 Å². The SMILES string of the molecule is C=CCOc1ccc(-c2nn(-c3ccccc3)cc2/C=c2\sc3nc(-c4ccco4)nn3c2=O)cc1C. The third-order valence-corrected chi connectivity index (χ3v) is 6.74. The summed E-state index contributed by atoms with van der Waals surface area (Å²) in [4.78, 5) is 18.2. The van der Waals surface area contributed by atoms with Crippen molar-refractivity contribution < 1.29 is 9.15 Å². The van der Waals surface area contributed by atoms with Crippen molar-refractivity contribution in [1.82, 2.24) is 24.4 Å². The molecule has 6 rings (SSSR count). The summed E-state index contributed by atoms with van der Waals surface area (Å²) in [6.45, 7) is 6.13. The summed E-state index contributed by atoms with van der Waals surface area (Å²) in [6.07, 6.45) is 7.03. The number of nitrogens with zero attached hydrogens (tertiary/aromatic N) is 5. The van der Waals surface area contributed by atoms with E-state index in [0.717, 1.165) is 33.8 Å². The van der Waals surface area contributed by atoms with Crippen LogP contribution in [0.1, 0.15) is 11.1 Å². The lowest BCUT2D eigenvalue weighted by Gasteiger charge is -2.08. The van der Waals surface area contributed by atoms with Gasteiger partial charge in [-0.15, -0.1) is 5.10 Å². The van der Waals surface area contributed by atoms with E-state index in [2.05, 4.69) is 16.7 Å². The molecule has 0 unspecified atom stereocenters. The summed E-state index contributed by atoms with van der Waals surface area (Å²) in [5, 5.41) is 9.22. The van der Waals surface area contributed by atoms with Gasteiger partial charge in [0.15, 0.2) is 5.76 Å². The molecule has 0 fully saturated rings. The number of hydrogen-bond acceptors (Lipinski definition) is 7. The van der Waals surface area contributed by atoms with Crippen molar-refractivity contribution in [3.05, 3.63) is 112 Å². The fourth-order valence-electron chi connectivity index (χ4n) is 4.02. The van der Waals surface area contributed by atoms with Gasteiger partial charge >= 0.3 is 0 Å². The van der Waals surface area contributed by atoms with Crippen molar-refractivity contribution >= 4 is 22.4 Å². The number of fused-ring (bicyclic) bond motifs is 1. The Balaban J connectivity index is 1.47. The largest absolute Gasteiger partial charge is 0.489 e. The maximum absolute atomic E-state index is 13.2. The van der Waals surface area contributed by atoms with E-state index in [1.807, 2.05) is 72.4 Å². The van der Waals surface area contributed by atoms with Gasteiger partial charge in [-0.1, -0.05) is 42.2 Å². The van der Waals surface area contributed by atoms with E-state index in [1.54, 1.807) is 24.5 Å². The molecule has 0 radical (unpaired) electrons. The molecule has 4 aromatic heterocycles. The van der Waals surface area contributed by atoms with Crippen molar-refractivity contribution in [3.63, 3.8) is 0 Å². The van der Waals surface area contributed by atoms with Crippen LogP contribution in [0, 0.1) is 6.92 Å². The molecule has 0 aliphatic carbocycles. The first-order chi connectivity index (χ1) is 18.1. The number of aryl methyl sites for hydroxylation is 1. The van der Waals surface area contributed by atoms with Gasteiger partial charge in [0.2, 0.25) is 10.8 Å². The third kappa shape index (κ3) is 4.25. The molecule has 37 heavy (non-hydrogen) atoms. The van der Waals surface area contributed by atoms with Crippen molar-refractivity contribution in [3.8, 4) is 34.3 Å². The summed E-state index contributed by atoms with van der Waals surface area (Å²) >= 11 is 1.27. The van der Waals surface area contributed by atoms with Crippen LogP contribution in [0.5, 0.6) is 5.75 Å². The molecule has 0 atom stereocenters. The van der Waals surface area contributed by atoms with Crippen LogP contribution < -0.4 is 14.8 Å². The number of aromatic nitrogens is 5. The Bertz CT molecular complexity index is 1830. The highest BCUT2D eigenvalue weighted by Crippen LogP contribution is 2.29. The summed E-state index contributed by atoms with van der Waals surface area (Å²) < 4.78 is 14.7. The number of rotatable bonds is 7. The van der Waals surface area contributed by atoms with Gasteiger partial charge in [-0.2, -0.15) is 14.6 Å². The number of hydrogen-bond donors (Lipinski definition) is 0. The predicted octanol–water partition coefficient (Wildman–Crippen LogP) is 4.68. The quantitative estimate of drug-likeness (QED) is 0.292. The molecule has 0 spiro atoms. The molecule has 4 heterocycles. The van der Waals surface area contributed by atoms with Crippen molar-refractivity contribution in [2.24, 2.45) is 0 Å². The lowest BCUT2D eigenvalue weighted by molar-refractivity contribution is 0.361. The van der Waals surface area contributed by atoms with E-state index in [0.29, 0.717) is 27.7 Å². The third-order valence-electron chi connectivity index (χ3n) is 5.78. The monoisotopic (exact) mass is 507 g/mol. The summed E-state index contributed by atoms with van der Waals surface area (Å²) in [7, 11) is 0. The molecule has 0 aliphatic heterocycles. The lowest BCUT2D eigenvalue weighted by atomic mass is 10.0. The lowest BCUT2D eigenvalue weighted by Crippen LogP contribution is -2.23. The number of furan rings is 1. The van der Waals surface area contributed by atoms with Gasteiger partial charge in [-0.25, -0.2) is 4.68 Å². The zero-order valence-electron chi connectivity index (χ0n) is 19.9. The van der Waals surface area contributed by atoms with Crippen molar-refractivity contribution in [2.75, 3.05) is 6.61 Å². The van der Waals surface area contributed by atoms with Crippen LogP contribution in [0.4, 0.5) is 0 Å².